The highest BCUT2D eigenvalue weighted by molar-refractivity contribution is 5.92. The number of hydrogen-bond acceptors (Lipinski definition) is 4. The number of carbonyl (C=O) groups excluding carboxylic acids is 2. The molecule has 2 fully saturated rings. The van der Waals surface area contributed by atoms with Gasteiger partial charge in [-0.05, 0) is 19.3 Å². The van der Waals surface area contributed by atoms with E-state index in [1.165, 1.54) is 4.90 Å². The molecule has 0 bridgehead atoms. The second-order valence-corrected chi connectivity index (χ2v) is 5.25. The zero-order chi connectivity index (χ0) is 14.7. The summed E-state index contributed by atoms with van der Waals surface area (Å²) in [6.45, 7) is 3.04. The largest absolute Gasteiger partial charge is 0.479 e. The van der Waals surface area contributed by atoms with Gasteiger partial charge in [0.05, 0.1) is 19.2 Å². The molecule has 0 aromatic carbocycles. The molecule has 2 amide bonds. The normalized spacial score (nSPS) is 27.2. The predicted octanol–water partition coefficient (Wildman–Crippen LogP) is -0.301. The van der Waals surface area contributed by atoms with Gasteiger partial charge in [0.1, 0.15) is 0 Å². The van der Waals surface area contributed by atoms with E-state index in [1.807, 2.05) is 6.92 Å². The maximum Gasteiger partial charge on any atom is 0.332 e. The third kappa shape index (κ3) is 3.27. The third-order valence-electron chi connectivity index (χ3n) is 3.66. The first-order valence-corrected chi connectivity index (χ1v) is 6.95. The van der Waals surface area contributed by atoms with Gasteiger partial charge in [-0.15, -0.1) is 0 Å². The van der Waals surface area contributed by atoms with Crippen LogP contribution in [0.15, 0.2) is 0 Å². The summed E-state index contributed by atoms with van der Waals surface area (Å²) in [7, 11) is 0. The minimum Gasteiger partial charge on any atom is -0.479 e. The number of rotatable bonds is 5. The van der Waals surface area contributed by atoms with Crippen LogP contribution in [0.2, 0.25) is 0 Å². The first-order chi connectivity index (χ1) is 9.51. The summed E-state index contributed by atoms with van der Waals surface area (Å²) in [5, 5.41) is 8.86. The highest BCUT2D eigenvalue weighted by atomic mass is 16.5. The van der Waals surface area contributed by atoms with E-state index >= 15 is 0 Å². The van der Waals surface area contributed by atoms with E-state index in [2.05, 4.69) is 0 Å². The Balaban J connectivity index is 1.87. The van der Waals surface area contributed by atoms with Gasteiger partial charge in [-0.3, -0.25) is 9.59 Å². The summed E-state index contributed by atoms with van der Waals surface area (Å²) < 4.78 is 5.37. The SMILES string of the molecule is CCCN1CC(=O)N(CC2CCC(C(=O)O)O2)CC1=O. The Hall–Kier alpha value is -1.63. The summed E-state index contributed by atoms with van der Waals surface area (Å²) in [5.41, 5.74) is 0. The van der Waals surface area contributed by atoms with Gasteiger partial charge in [0, 0.05) is 13.1 Å². The molecule has 0 aromatic heterocycles. The van der Waals surface area contributed by atoms with Crippen LogP contribution < -0.4 is 0 Å². The van der Waals surface area contributed by atoms with Crippen molar-refractivity contribution in [3.63, 3.8) is 0 Å². The molecular weight excluding hydrogens is 264 g/mol. The van der Waals surface area contributed by atoms with Crippen molar-refractivity contribution in [2.75, 3.05) is 26.2 Å². The number of carboxylic acid groups (broad SMARTS) is 1. The van der Waals surface area contributed by atoms with E-state index in [4.69, 9.17) is 9.84 Å². The Labute approximate surface area is 117 Å². The summed E-state index contributed by atoms with van der Waals surface area (Å²) in [6.07, 6.45) is 0.814. The second-order valence-electron chi connectivity index (χ2n) is 5.25. The van der Waals surface area contributed by atoms with Crippen LogP contribution in [0.1, 0.15) is 26.2 Å². The molecule has 7 nitrogen and oxygen atoms in total. The number of carbonyl (C=O) groups is 3. The average molecular weight is 284 g/mol. The minimum absolute atomic E-state index is 0.0563. The van der Waals surface area contributed by atoms with Crippen molar-refractivity contribution in [2.45, 2.75) is 38.4 Å². The molecule has 7 heteroatoms. The van der Waals surface area contributed by atoms with E-state index in [1.54, 1.807) is 4.90 Å². The average Bonchev–Trinajstić information content (AvgIpc) is 2.84. The lowest BCUT2D eigenvalue weighted by Gasteiger charge is -2.34. The second kappa shape index (κ2) is 6.21. The van der Waals surface area contributed by atoms with Gasteiger partial charge in [0.25, 0.3) is 0 Å². The smallest absolute Gasteiger partial charge is 0.332 e. The molecular formula is C13H20N2O5. The summed E-state index contributed by atoms with van der Waals surface area (Å²) in [6, 6.07) is 0. The van der Waals surface area contributed by atoms with Crippen molar-refractivity contribution in [3.8, 4) is 0 Å². The highest BCUT2D eigenvalue weighted by Gasteiger charge is 2.35. The molecule has 0 radical (unpaired) electrons. The van der Waals surface area contributed by atoms with Crippen molar-refractivity contribution in [3.05, 3.63) is 0 Å². The molecule has 1 N–H and O–H groups in total. The quantitative estimate of drug-likeness (QED) is 0.749. The van der Waals surface area contributed by atoms with Gasteiger partial charge in [-0.25, -0.2) is 4.79 Å². The van der Waals surface area contributed by atoms with Crippen LogP contribution in [-0.4, -0.2) is 71.1 Å². The molecule has 0 saturated carbocycles. The number of nitrogens with zero attached hydrogens (tertiary/aromatic N) is 2. The van der Waals surface area contributed by atoms with Gasteiger partial charge < -0.3 is 19.6 Å². The molecule has 2 heterocycles. The first-order valence-electron chi connectivity index (χ1n) is 6.95. The fourth-order valence-corrected chi connectivity index (χ4v) is 2.61. The number of ether oxygens (including phenoxy) is 1. The van der Waals surface area contributed by atoms with E-state index in [9.17, 15) is 14.4 Å². The molecule has 2 aliphatic heterocycles. The van der Waals surface area contributed by atoms with Crippen LogP contribution >= 0.6 is 0 Å². The third-order valence-corrected chi connectivity index (χ3v) is 3.66. The summed E-state index contributed by atoms with van der Waals surface area (Å²) in [5.74, 6) is -1.12. The zero-order valence-electron chi connectivity index (χ0n) is 11.6. The summed E-state index contributed by atoms with van der Waals surface area (Å²) in [4.78, 5) is 37.7. The number of hydrogen-bond donors (Lipinski definition) is 1. The van der Waals surface area contributed by atoms with Crippen molar-refractivity contribution < 1.29 is 24.2 Å². The maximum absolute atomic E-state index is 12.0. The number of piperazine rings is 1. The van der Waals surface area contributed by atoms with Gasteiger partial charge in [0.2, 0.25) is 11.8 Å². The monoisotopic (exact) mass is 284 g/mol. The molecule has 2 rings (SSSR count). The Morgan fingerprint density at radius 1 is 1.25 bits per heavy atom. The topological polar surface area (TPSA) is 87.2 Å². The molecule has 0 aromatic rings. The Morgan fingerprint density at radius 3 is 2.50 bits per heavy atom. The molecule has 20 heavy (non-hydrogen) atoms. The molecule has 2 atom stereocenters. The molecule has 2 saturated heterocycles. The van der Waals surface area contributed by atoms with Crippen molar-refractivity contribution in [1.82, 2.24) is 9.80 Å². The molecule has 0 aliphatic carbocycles. The number of amides is 2. The fourth-order valence-electron chi connectivity index (χ4n) is 2.61. The highest BCUT2D eigenvalue weighted by Crippen LogP contribution is 2.21. The minimum atomic E-state index is -0.970. The zero-order valence-corrected chi connectivity index (χ0v) is 11.6. The fraction of sp³-hybridized carbons (Fsp3) is 0.769. The van der Waals surface area contributed by atoms with Gasteiger partial charge in [-0.2, -0.15) is 0 Å². The Bertz CT molecular complexity index is 412. The van der Waals surface area contributed by atoms with Crippen molar-refractivity contribution >= 4 is 17.8 Å². The molecule has 112 valence electrons. The van der Waals surface area contributed by atoms with Crippen LogP contribution in [0.25, 0.3) is 0 Å². The van der Waals surface area contributed by atoms with Gasteiger partial charge in [0.15, 0.2) is 6.10 Å². The number of carboxylic acids is 1. The van der Waals surface area contributed by atoms with Crippen LogP contribution in [-0.2, 0) is 19.1 Å². The van der Waals surface area contributed by atoms with E-state index in [0.717, 1.165) is 6.42 Å². The van der Waals surface area contributed by atoms with Gasteiger partial charge >= 0.3 is 5.97 Å². The summed E-state index contributed by atoms with van der Waals surface area (Å²) >= 11 is 0. The first kappa shape index (κ1) is 14.8. The predicted molar refractivity (Wildman–Crippen MR) is 69.0 cm³/mol. The van der Waals surface area contributed by atoms with Crippen molar-refractivity contribution in [2.24, 2.45) is 0 Å². The van der Waals surface area contributed by atoms with Gasteiger partial charge in [-0.1, -0.05) is 6.92 Å². The molecule has 2 aliphatic rings. The Morgan fingerprint density at radius 2 is 1.90 bits per heavy atom. The van der Waals surface area contributed by atoms with E-state index in [-0.39, 0.29) is 31.0 Å². The maximum atomic E-state index is 12.0. The van der Waals surface area contributed by atoms with Crippen LogP contribution in [0.5, 0.6) is 0 Å². The van der Waals surface area contributed by atoms with E-state index < -0.39 is 12.1 Å². The molecule has 2 unspecified atom stereocenters. The lowest BCUT2D eigenvalue weighted by Crippen LogP contribution is -2.55. The van der Waals surface area contributed by atoms with E-state index in [0.29, 0.717) is 25.9 Å². The standard InChI is InChI=1S/C13H20N2O5/c1-2-5-14-7-12(17)15(8-11(14)16)6-9-3-4-10(20-9)13(18)19/h9-10H,2-8H2,1H3,(H,18,19). The molecule has 0 spiro atoms. The lowest BCUT2D eigenvalue weighted by atomic mass is 10.1. The van der Waals surface area contributed by atoms with Crippen LogP contribution in [0.3, 0.4) is 0 Å². The van der Waals surface area contributed by atoms with Crippen molar-refractivity contribution in [1.29, 1.82) is 0 Å². The Kier molecular flexibility index (Phi) is 4.59. The van der Waals surface area contributed by atoms with Crippen LogP contribution in [0.4, 0.5) is 0 Å². The number of aliphatic carboxylic acids is 1. The lowest BCUT2D eigenvalue weighted by molar-refractivity contribution is -0.154. The van der Waals surface area contributed by atoms with Crippen LogP contribution in [0, 0.1) is 0 Å².